The van der Waals surface area contributed by atoms with Crippen LogP contribution in [0.1, 0.15) is 16.7 Å². The zero-order valence-corrected chi connectivity index (χ0v) is 14.0. The maximum absolute atomic E-state index is 4.23. The number of benzene rings is 2. The van der Waals surface area contributed by atoms with Gasteiger partial charge in [0, 0.05) is 12.3 Å². The summed E-state index contributed by atoms with van der Waals surface area (Å²) in [5, 5.41) is 12.6. The van der Waals surface area contributed by atoms with Crippen molar-refractivity contribution in [1.82, 2.24) is 10.2 Å². The number of hydrogen-bond donors (Lipinski definition) is 1. The fourth-order valence-electron chi connectivity index (χ4n) is 2.06. The van der Waals surface area contributed by atoms with E-state index >= 15 is 0 Å². The SMILES string of the molecule is Cc1cccc(CSc2nnc(NCc3ccccc3)s2)c1. The quantitative estimate of drug-likeness (QED) is 0.663. The first-order valence-corrected chi connectivity index (χ1v) is 8.89. The molecule has 1 N–H and O–H groups in total. The number of hydrogen-bond acceptors (Lipinski definition) is 5. The molecule has 0 unspecified atom stereocenters. The van der Waals surface area contributed by atoms with Crippen LogP contribution in [-0.2, 0) is 12.3 Å². The molecule has 0 aliphatic carbocycles. The summed E-state index contributed by atoms with van der Waals surface area (Å²) in [4.78, 5) is 0. The molecule has 0 spiro atoms. The molecule has 3 nitrogen and oxygen atoms in total. The topological polar surface area (TPSA) is 37.8 Å². The highest BCUT2D eigenvalue weighted by Crippen LogP contribution is 2.28. The first-order chi connectivity index (χ1) is 10.8. The number of nitrogens with one attached hydrogen (secondary N) is 1. The van der Waals surface area contributed by atoms with Crippen LogP contribution in [0.25, 0.3) is 0 Å². The molecule has 0 saturated heterocycles. The van der Waals surface area contributed by atoms with E-state index in [1.807, 2.05) is 18.2 Å². The number of thioether (sulfide) groups is 1. The highest BCUT2D eigenvalue weighted by Gasteiger charge is 2.05. The molecule has 22 heavy (non-hydrogen) atoms. The molecule has 1 heterocycles. The summed E-state index contributed by atoms with van der Waals surface area (Å²) in [5.41, 5.74) is 3.85. The van der Waals surface area contributed by atoms with Gasteiger partial charge in [-0.3, -0.25) is 0 Å². The van der Waals surface area contributed by atoms with Gasteiger partial charge in [0.25, 0.3) is 0 Å². The Morgan fingerprint density at radius 2 is 1.82 bits per heavy atom. The van der Waals surface area contributed by atoms with Crippen molar-refractivity contribution in [2.24, 2.45) is 0 Å². The van der Waals surface area contributed by atoms with E-state index in [9.17, 15) is 0 Å². The molecule has 2 aromatic carbocycles. The lowest BCUT2D eigenvalue weighted by Crippen LogP contribution is -1.98. The van der Waals surface area contributed by atoms with E-state index in [1.165, 1.54) is 16.7 Å². The molecular formula is C17H17N3S2. The molecule has 0 atom stereocenters. The zero-order chi connectivity index (χ0) is 15.2. The second-order valence-electron chi connectivity index (χ2n) is 4.99. The molecule has 0 radical (unpaired) electrons. The Morgan fingerprint density at radius 1 is 1.00 bits per heavy atom. The Kier molecular flexibility index (Phi) is 5.08. The van der Waals surface area contributed by atoms with Crippen LogP contribution in [0.3, 0.4) is 0 Å². The first kappa shape index (κ1) is 15.1. The molecule has 3 rings (SSSR count). The summed E-state index contributed by atoms with van der Waals surface area (Å²) in [5.74, 6) is 0.926. The van der Waals surface area contributed by atoms with E-state index in [4.69, 9.17) is 0 Å². The van der Waals surface area contributed by atoms with Crippen LogP contribution in [0.4, 0.5) is 5.13 Å². The predicted octanol–water partition coefficient (Wildman–Crippen LogP) is 4.75. The Bertz CT molecular complexity index is 726. The van der Waals surface area contributed by atoms with Crippen molar-refractivity contribution in [3.8, 4) is 0 Å². The van der Waals surface area contributed by atoms with Crippen LogP contribution in [0.5, 0.6) is 0 Å². The van der Waals surface area contributed by atoms with Crippen LogP contribution in [0.15, 0.2) is 58.9 Å². The second-order valence-corrected chi connectivity index (χ2v) is 7.19. The third-order valence-corrected chi connectivity index (χ3v) is 5.22. The first-order valence-electron chi connectivity index (χ1n) is 7.09. The monoisotopic (exact) mass is 327 g/mol. The molecule has 0 amide bonds. The normalized spacial score (nSPS) is 10.6. The minimum absolute atomic E-state index is 0.776. The third kappa shape index (κ3) is 4.32. The minimum Gasteiger partial charge on any atom is -0.356 e. The molecule has 0 aliphatic rings. The molecule has 0 aliphatic heterocycles. The average molecular weight is 327 g/mol. The fourth-order valence-corrected chi connectivity index (χ4v) is 3.75. The van der Waals surface area contributed by atoms with Crippen molar-refractivity contribution in [2.75, 3.05) is 5.32 Å². The molecule has 112 valence electrons. The molecule has 1 aromatic heterocycles. The van der Waals surface area contributed by atoms with Crippen molar-refractivity contribution in [2.45, 2.75) is 23.6 Å². The summed E-state index contributed by atoms with van der Waals surface area (Å²) >= 11 is 3.33. The fraction of sp³-hybridized carbons (Fsp3) is 0.176. The zero-order valence-electron chi connectivity index (χ0n) is 12.3. The van der Waals surface area contributed by atoms with Gasteiger partial charge in [-0.05, 0) is 18.1 Å². The molecular weight excluding hydrogens is 310 g/mol. The summed E-state index contributed by atoms with van der Waals surface area (Å²) < 4.78 is 0.997. The Labute approximate surface area is 138 Å². The molecule has 0 fully saturated rings. The van der Waals surface area contributed by atoms with Crippen molar-refractivity contribution in [3.05, 3.63) is 71.3 Å². The predicted molar refractivity (Wildman–Crippen MR) is 94.4 cm³/mol. The summed E-state index contributed by atoms with van der Waals surface area (Å²) in [6, 6.07) is 18.9. The molecule has 5 heteroatoms. The van der Waals surface area contributed by atoms with Crippen LogP contribution < -0.4 is 5.32 Å². The standard InChI is InChI=1S/C17H17N3S2/c1-13-6-5-9-15(10-13)12-21-17-20-19-16(22-17)18-11-14-7-3-2-4-8-14/h2-10H,11-12H2,1H3,(H,18,19). The minimum atomic E-state index is 0.776. The molecule has 0 bridgehead atoms. The number of rotatable bonds is 6. The Balaban J connectivity index is 1.53. The number of aromatic nitrogens is 2. The van der Waals surface area contributed by atoms with Gasteiger partial charge in [0.15, 0.2) is 4.34 Å². The Morgan fingerprint density at radius 3 is 2.64 bits per heavy atom. The van der Waals surface area contributed by atoms with Crippen molar-refractivity contribution < 1.29 is 0 Å². The maximum Gasteiger partial charge on any atom is 0.206 e. The van der Waals surface area contributed by atoms with E-state index in [0.29, 0.717) is 0 Å². The van der Waals surface area contributed by atoms with Gasteiger partial charge in [-0.1, -0.05) is 83.3 Å². The van der Waals surface area contributed by atoms with Gasteiger partial charge >= 0.3 is 0 Å². The van der Waals surface area contributed by atoms with Crippen LogP contribution in [0.2, 0.25) is 0 Å². The van der Waals surface area contributed by atoms with E-state index in [-0.39, 0.29) is 0 Å². The Hall–Kier alpha value is -1.85. The smallest absolute Gasteiger partial charge is 0.206 e. The van der Waals surface area contributed by atoms with Gasteiger partial charge in [0.2, 0.25) is 5.13 Å². The molecule has 3 aromatic rings. The molecule has 0 saturated carbocycles. The van der Waals surface area contributed by atoms with Crippen molar-refractivity contribution in [1.29, 1.82) is 0 Å². The third-order valence-electron chi connectivity index (χ3n) is 3.14. The van der Waals surface area contributed by atoms with Gasteiger partial charge in [0.05, 0.1) is 0 Å². The van der Waals surface area contributed by atoms with E-state index in [0.717, 1.165) is 21.8 Å². The van der Waals surface area contributed by atoms with Crippen LogP contribution in [-0.4, -0.2) is 10.2 Å². The average Bonchev–Trinajstić information content (AvgIpc) is 3.00. The summed E-state index contributed by atoms with van der Waals surface area (Å²) in [6.07, 6.45) is 0. The van der Waals surface area contributed by atoms with Crippen LogP contribution in [0, 0.1) is 6.92 Å². The second kappa shape index (κ2) is 7.42. The lowest BCUT2D eigenvalue weighted by atomic mass is 10.2. The number of nitrogens with zero attached hydrogens (tertiary/aromatic N) is 2. The highest BCUT2D eigenvalue weighted by atomic mass is 32.2. The van der Waals surface area contributed by atoms with E-state index in [1.54, 1.807) is 23.1 Å². The van der Waals surface area contributed by atoms with Gasteiger partial charge in [-0.15, -0.1) is 10.2 Å². The lowest BCUT2D eigenvalue weighted by Gasteiger charge is -2.01. The van der Waals surface area contributed by atoms with Gasteiger partial charge in [-0.2, -0.15) is 0 Å². The lowest BCUT2D eigenvalue weighted by molar-refractivity contribution is 0.995. The van der Waals surface area contributed by atoms with Gasteiger partial charge in [-0.25, -0.2) is 0 Å². The number of aryl methyl sites for hydroxylation is 1. The summed E-state index contributed by atoms with van der Waals surface area (Å²) in [6.45, 7) is 2.89. The van der Waals surface area contributed by atoms with Gasteiger partial charge in [0.1, 0.15) is 0 Å². The van der Waals surface area contributed by atoms with Crippen LogP contribution >= 0.6 is 23.1 Å². The van der Waals surface area contributed by atoms with Gasteiger partial charge < -0.3 is 5.32 Å². The summed E-state index contributed by atoms with van der Waals surface area (Å²) in [7, 11) is 0. The maximum atomic E-state index is 4.23. The highest BCUT2D eigenvalue weighted by molar-refractivity contribution is 8.00. The van der Waals surface area contributed by atoms with Crippen molar-refractivity contribution in [3.63, 3.8) is 0 Å². The largest absolute Gasteiger partial charge is 0.356 e. The van der Waals surface area contributed by atoms with E-state index in [2.05, 4.69) is 58.8 Å². The van der Waals surface area contributed by atoms with E-state index < -0.39 is 0 Å². The van der Waals surface area contributed by atoms with Crippen molar-refractivity contribution >= 4 is 28.2 Å². The number of anilines is 1.